The van der Waals surface area contributed by atoms with E-state index in [0.29, 0.717) is 28.7 Å². The molecule has 0 fully saturated rings. The minimum atomic E-state index is -3.59. The van der Waals surface area contributed by atoms with Crippen molar-refractivity contribution in [3.05, 3.63) is 50.4 Å². The summed E-state index contributed by atoms with van der Waals surface area (Å²) in [5.74, 6) is -0.331. The second-order valence-corrected chi connectivity index (χ2v) is 13.1. The van der Waals surface area contributed by atoms with Crippen molar-refractivity contribution in [1.29, 1.82) is 0 Å². The smallest absolute Gasteiger partial charge is 0.262 e. The third kappa shape index (κ3) is 6.66. The highest BCUT2D eigenvalue weighted by Gasteiger charge is 2.25. The standard InChI is InChI=1S/C23H28BrN3O4S3/c1-15(2)11-18(26-23(29)20-12-16-7-4-5-8-19(16)33-20)22(28)25-9-6-10-27(3)34(30,31)21-14-32-13-17(21)24/h4-5,7-8,12-15,18H,6,9-11H2,1-3H3,(H,25,28)(H,26,29)/t18-/m0/s1. The number of thiophene rings is 2. The van der Waals surface area contributed by atoms with Gasteiger partial charge in [0.25, 0.3) is 5.91 Å². The predicted molar refractivity (Wildman–Crippen MR) is 142 cm³/mol. The zero-order valence-corrected chi connectivity index (χ0v) is 23.2. The molecule has 1 aromatic carbocycles. The van der Waals surface area contributed by atoms with Crippen molar-refractivity contribution >= 4 is 70.5 Å². The van der Waals surface area contributed by atoms with Crippen molar-refractivity contribution in [1.82, 2.24) is 14.9 Å². The van der Waals surface area contributed by atoms with E-state index in [9.17, 15) is 18.0 Å². The topological polar surface area (TPSA) is 95.6 Å². The molecule has 184 valence electrons. The van der Waals surface area contributed by atoms with Crippen molar-refractivity contribution in [3.8, 4) is 0 Å². The van der Waals surface area contributed by atoms with Crippen LogP contribution in [-0.2, 0) is 14.8 Å². The van der Waals surface area contributed by atoms with Gasteiger partial charge in [-0.25, -0.2) is 12.7 Å². The van der Waals surface area contributed by atoms with E-state index in [-0.39, 0.29) is 29.2 Å². The molecule has 0 unspecified atom stereocenters. The second-order valence-electron chi connectivity index (χ2n) is 8.36. The van der Waals surface area contributed by atoms with Crippen LogP contribution in [-0.4, -0.2) is 50.7 Å². The van der Waals surface area contributed by atoms with E-state index in [1.54, 1.807) is 10.8 Å². The number of benzene rings is 1. The van der Waals surface area contributed by atoms with Crippen molar-refractivity contribution in [2.45, 2.75) is 37.6 Å². The summed E-state index contributed by atoms with van der Waals surface area (Å²) in [5.41, 5.74) is 0. The van der Waals surface area contributed by atoms with Crippen LogP contribution in [0.1, 0.15) is 36.4 Å². The molecule has 2 aromatic heterocycles. The number of hydrogen-bond acceptors (Lipinski definition) is 6. The van der Waals surface area contributed by atoms with Gasteiger partial charge in [-0.2, -0.15) is 0 Å². The summed E-state index contributed by atoms with van der Waals surface area (Å²) < 4.78 is 28.2. The molecule has 0 bridgehead atoms. The van der Waals surface area contributed by atoms with Gasteiger partial charge < -0.3 is 10.6 Å². The van der Waals surface area contributed by atoms with E-state index in [1.165, 1.54) is 34.0 Å². The van der Waals surface area contributed by atoms with Gasteiger partial charge in [0.05, 0.1) is 4.88 Å². The summed E-state index contributed by atoms with van der Waals surface area (Å²) >= 11 is 5.97. The third-order valence-corrected chi connectivity index (χ3v) is 10.3. The Bertz CT molecular complexity index is 1220. The Labute approximate surface area is 216 Å². The van der Waals surface area contributed by atoms with Gasteiger partial charge in [0.2, 0.25) is 15.9 Å². The Morgan fingerprint density at radius 3 is 2.56 bits per heavy atom. The highest BCUT2D eigenvalue weighted by Crippen LogP contribution is 2.28. The second kappa shape index (κ2) is 11.8. The average Bonchev–Trinajstić information content (AvgIpc) is 3.42. The maximum Gasteiger partial charge on any atom is 0.262 e. The molecule has 0 aliphatic carbocycles. The lowest BCUT2D eigenvalue weighted by molar-refractivity contribution is -0.123. The van der Waals surface area contributed by atoms with Crippen LogP contribution in [0.15, 0.2) is 50.5 Å². The van der Waals surface area contributed by atoms with Gasteiger partial charge >= 0.3 is 0 Å². The number of carbonyl (C=O) groups excluding carboxylic acids is 2. The lowest BCUT2D eigenvalue weighted by atomic mass is 10.0. The van der Waals surface area contributed by atoms with E-state index >= 15 is 0 Å². The zero-order valence-electron chi connectivity index (χ0n) is 19.2. The Kier molecular flexibility index (Phi) is 9.27. The third-order valence-electron chi connectivity index (χ3n) is 5.20. The van der Waals surface area contributed by atoms with Crippen LogP contribution in [0.3, 0.4) is 0 Å². The maximum atomic E-state index is 12.8. The Morgan fingerprint density at radius 2 is 1.91 bits per heavy atom. The number of nitrogens with one attached hydrogen (secondary N) is 2. The number of sulfonamides is 1. The van der Waals surface area contributed by atoms with Crippen LogP contribution in [0, 0.1) is 5.92 Å². The zero-order chi connectivity index (χ0) is 24.9. The average molecular weight is 587 g/mol. The number of hydrogen-bond donors (Lipinski definition) is 2. The molecule has 1 atom stereocenters. The van der Waals surface area contributed by atoms with Gasteiger partial charge in [-0.15, -0.1) is 22.7 Å². The minimum Gasteiger partial charge on any atom is -0.354 e. The molecule has 2 heterocycles. The normalized spacial score (nSPS) is 12.9. The summed E-state index contributed by atoms with van der Waals surface area (Å²) in [6, 6.07) is 8.94. The van der Waals surface area contributed by atoms with Crippen LogP contribution >= 0.6 is 38.6 Å². The molecule has 0 saturated carbocycles. The number of halogens is 1. The van der Waals surface area contributed by atoms with Gasteiger partial charge in [-0.05, 0) is 52.2 Å². The van der Waals surface area contributed by atoms with Crippen LogP contribution in [0.4, 0.5) is 0 Å². The van der Waals surface area contributed by atoms with Gasteiger partial charge in [-0.1, -0.05) is 32.0 Å². The number of fused-ring (bicyclic) bond motifs is 1. The summed E-state index contributed by atoms with van der Waals surface area (Å²) in [7, 11) is -2.07. The first-order valence-corrected chi connectivity index (χ1v) is 14.8. The Hall–Kier alpha value is -1.79. The SMILES string of the molecule is CC(C)C[C@H](NC(=O)c1cc2ccccc2s1)C(=O)NCCCN(C)S(=O)(=O)c1cscc1Br. The summed E-state index contributed by atoms with van der Waals surface area (Å²) in [5, 5.41) is 10.0. The minimum absolute atomic E-state index is 0.207. The van der Waals surface area contributed by atoms with Crippen molar-refractivity contribution < 1.29 is 18.0 Å². The summed E-state index contributed by atoms with van der Waals surface area (Å²) in [4.78, 5) is 26.5. The van der Waals surface area contributed by atoms with Crippen LogP contribution in [0.2, 0.25) is 0 Å². The van der Waals surface area contributed by atoms with E-state index in [1.807, 2.05) is 44.2 Å². The number of carbonyl (C=O) groups is 2. The molecule has 7 nitrogen and oxygen atoms in total. The molecule has 2 amide bonds. The number of amides is 2. The molecular formula is C23H28BrN3O4S3. The fourth-order valence-electron chi connectivity index (χ4n) is 3.40. The largest absolute Gasteiger partial charge is 0.354 e. The maximum absolute atomic E-state index is 12.8. The first-order chi connectivity index (χ1) is 16.1. The molecule has 11 heteroatoms. The molecule has 0 spiro atoms. The van der Waals surface area contributed by atoms with E-state index in [0.717, 1.165) is 10.1 Å². The van der Waals surface area contributed by atoms with Crippen molar-refractivity contribution in [2.24, 2.45) is 5.92 Å². The van der Waals surface area contributed by atoms with Crippen molar-refractivity contribution in [3.63, 3.8) is 0 Å². The highest BCUT2D eigenvalue weighted by molar-refractivity contribution is 9.10. The van der Waals surface area contributed by atoms with Gasteiger partial charge in [0.15, 0.2) is 0 Å². The molecule has 0 aliphatic rings. The van der Waals surface area contributed by atoms with E-state index < -0.39 is 16.1 Å². The van der Waals surface area contributed by atoms with E-state index in [2.05, 4.69) is 26.6 Å². The fraction of sp³-hybridized carbons (Fsp3) is 0.391. The summed E-state index contributed by atoms with van der Waals surface area (Å²) in [6.45, 7) is 4.55. The molecular weight excluding hydrogens is 558 g/mol. The molecule has 3 rings (SSSR count). The van der Waals surface area contributed by atoms with Gasteiger partial charge in [0, 0.05) is 40.1 Å². The predicted octanol–water partition coefficient (Wildman–Crippen LogP) is 4.70. The lowest BCUT2D eigenvalue weighted by Crippen LogP contribution is -2.47. The van der Waals surface area contributed by atoms with Crippen LogP contribution < -0.4 is 10.6 Å². The molecule has 0 aliphatic heterocycles. The monoisotopic (exact) mass is 585 g/mol. The van der Waals surface area contributed by atoms with Crippen LogP contribution in [0.25, 0.3) is 10.1 Å². The molecule has 0 saturated heterocycles. The lowest BCUT2D eigenvalue weighted by Gasteiger charge is -2.21. The van der Waals surface area contributed by atoms with E-state index in [4.69, 9.17) is 0 Å². The summed E-state index contributed by atoms with van der Waals surface area (Å²) in [6.07, 6.45) is 0.949. The number of nitrogens with zero attached hydrogens (tertiary/aromatic N) is 1. The van der Waals surface area contributed by atoms with Crippen LogP contribution in [0.5, 0.6) is 0 Å². The Morgan fingerprint density at radius 1 is 1.18 bits per heavy atom. The molecule has 2 N–H and O–H groups in total. The van der Waals surface area contributed by atoms with Gasteiger partial charge in [-0.3, -0.25) is 9.59 Å². The first kappa shape index (κ1) is 26.8. The quantitative estimate of drug-likeness (QED) is 0.319. The van der Waals surface area contributed by atoms with Crippen molar-refractivity contribution in [2.75, 3.05) is 20.1 Å². The fourth-order valence-corrected chi connectivity index (χ4v) is 7.88. The Balaban J connectivity index is 1.54. The highest BCUT2D eigenvalue weighted by atomic mass is 79.9. The molecule has 34 heavy (non-hydrogen) atoms. The first-order valence-electron chi connectivity index (χ1n) is 10.8. The number of rotatable bonds is 11. The molecule has 0 radical (unpaired) electrons. The molecule has 3 aromatic rings. The van der Waals surface area contributed by atoms with Gasteiger partial charge in [0.1, 0.15) is 10.9 Å².